The van der Waals surface area contributed by atoms with Crippen LogP contribution >= 0.6 is 11.3 Å². The fourth-order valence-corrected chi connectivity index (χ4v) is 4.19. The average molecular weight is 353 g/mol. The average Bonchev–Trinajstić information content (AvgIpc) is 3.33. The van der Waals surface area contributed by atoms with E-state index in [-0.39, 0.29) is 5.91 Å². The molecule has 0 radical (unpaired) electrons. The van der Waals surface area contributed by atoms with Gasteiger partial charge in [-0.05, 0) is 24.5 Å². The monoisotopic (exact) mass is 353 g/mol. The predicted octanol–water partition coefficient (Wildman–Crippen LogP) is 5.10. The highest BCUT2D eigenvalue weighted by atomic mass is 32.1. The number of furan rings is 1. The SMILES string of the molecule is O=C(Nc1nnc(C2CCCCC2)s1)c1occc1-c1ccccc1. The zero-order valence-corrected chi connectivity index (χ0v) is 14.6. The normalized spacial score (nSPS) is 15.2. The molecule has 0 aliphatic heterocycles. The number of hydrogen-bond acceptors (Lipinski definition) is 5. The number of nitrogens with one attached hydrogen (secondary N) is 1. The fourth-order valence-electron chi connectivity index (χ4n) is 3.28. The van der Waals surface area contributed by atoms with Crippen molar-refractivity contribution in [3.05, 3.63) is 53.4 Å². The molecule has 1 N–H and O–H groups in total. The fraction of sp³-hybridized carbons (Fsp3) is 0.316. The van der Waals surface area contributed by atoms with Crippen molar-refractivity contribution in [3.8, 4) is 11.1 Å². The number of anilines is 1. The standard InChI is InChI=1S/C19H19N3O2S/c23-17(16-15(11-12-24-16)13-7-3-1-4-8-13)20-19-22-21-18(25-19)14-9-5-2-6-10-14/h1,3-4,7-8,11-12,14H,2,5-6,9-10H2,(H,20,22,23). The molecule has 3 aromatic rings. The molecule has 1 fully saturated rings. The molecule has 128 valence electrons. The topological polar surface area (TPSA) is 68.0 Å². The number of hydrogen-bond donors (Lipinski definition) is 1. The molecule has 0 unspecified atom stereocenters. The molecule has 0 atom stereocenters. The van der Waals surface area contributed by atoms with E-state index in [9.17, 15) is 4.79 Å². The van der Waals surface area contributed by atoms with E-state index in [0.717, 1.165) is 16.1 Å². The van der Waals surface area contributed by atoms with Gasteiger partial charge in [0.05, 0.1) is 6.26 Å². The number of carbonyl (C=O) groups excluding carboxylic acids is 1. The van der Waals surface area contributed by atoms with Crippen LogP contribution < -0.4 is 5.32 Å². The molecule has 0 spiro atoms. The summed E-state index contributed by atoms with van der Waals surface area (Å²) in [7, 11) is 0. The summed E-state index contributed by atoms with van der Waals surface area (Å²) in [6.45, 7) is 0. The van der Waals surface area contributed by atoms with Crippen LogP contribution in [0.4, 0.5) is 5.13 Å². The molecule has 1 aromatic carbocycles. The van der Waals surface area contributed by atoms with Crippen molar-refractivity contribution < 1.29 is 9.21 Å². The van der Waals surface area contributed by atoms with Crippen molar-refractivity contribution in [1.29, 1.82) is 0 Å². The largest absolute Gasteiger partial charge is 0.459 e. The second-order valence-corrected chi connectivity index (χ2v) is 7.27. The summed E-state index contributed by atoms with van der Waals surface area (Å²) in [6.07, 6.45) is 7.67. The van der Waals surface area contributed by atoms with E-state index in [0.29, 0.717) is 16.8 Å². The van der Waals surface area contributed by atoms with Crippen molar-refractivity contribution in [3.63, 3.8) is 0 Å². The van der Waals surface area contributed by atoms with E-state index < -0.39 is 0 Å². The van der Waals surface area contributed by atoms with Gasteiger partial charge < -0.3 is 4.42 Å². The summed E-state index contributed by atoms with van der Waals surface area (Å²) < 4.78 is 5.42. The van der Waals surface area contributed by atoms with Gasteiger partial charge in [-0.2, -0.15) is 0 Å². The third-order valence-electron chi connectivity index (χ3n) is 4.57. The van der Waals surface area contributed by atoms with Gasteiger partial charge in [-0.3, -0.25) is 10.1 Å². The van der Waals surface area contributed by atoms with Gasteiger partial charge in [0.15, 0.2) is 5.76 Å². The molecule has 2 heterocycles. The Hall–Kier alpha value is -2.47. The minimum atomic E-state index is -0.296. The van der Waals surface area contributed by atoms with Gasteiger partial charge in [0.1, 0.15) is 5.01 Å². The number of carbonyl (C=O) groups is 1. The van der Waals surface area contributed by atoms with Gasteiger partial charge in [0.25, 0.3) is 5.91 Å². The third kappa shape index (κ3) is 3.49. The highest BCUT2D eigenvalue weighted by Gasteiger charge is 2.22. The second kappa shape index (κ2) is 7.19. The van der Waals surface area contributed by atoms with E-state index in [2.05, 4.69) is 15.5 Å². The van der Waals surface area contributed by atoms with Gasteiger partial charge in [-0.1, -0.05) is 60.9 Å². The van der Waals surface area contributed by atoms with Crippen molar-refractivity contribution in [2.24, 2.45) is 0 Å². The Labute approximate surface area is 150 Å². The lowest BCUT2D eigenvalue weighted by atomic mass is 9.90. The van der Waals surface area contributed by atoms with Crippen LogP contribution in [-0.2, 0) is 0 Å². The zero-order valence-electron chi connectivity index (χ0n) is 13.8. The predicted molar refractivity (Wildman–Crippen MR) is 97.8 cm³/mol. The maximum absolute atomic E-state index is 12.6. The Bertz CT molecular complexity index is 850. The van der Waals surface area contributed by atoms with Gasteiger partial charge in [-0.25, -0.2) is 0 Å². The molecule has 25 heavy (non-hydrogen) atoms. The molecule has 0 saturated heterocycles. The number of nitrogens with zero attached hydrogens (tertiary/aromatic N) is 2. The smallest absolute Gasteiger partial charge is 0.293 e. The van der Waals surface area contributed by atoms with Crippen LogP contribution in [0.25, 0.3) is 11.1 Å². The molecule has 1 aliphatic carbocycles. The summed E-state index contributed by atoms with van der Waals surface area (Å²) in [6, 6.07) is 11.5. The molecule has 4 rings (SSSR count). The van der Waals surface area contributed by atoms with Gasteiger partial charge in [-0.15, -0.1) is 10.2 Å². The lowest BCUT2D eigenvalue weighted by Gasteiger charge is -2.18. The first-order chi connectivity index (χ1) is 12.3. The molecule has 0 bridgehead atoms. The highest BCUT2D eigenvalue weighted by molar-refractivity contribution is 7.15. The first-order valence-corrected chi connectivity index (χ1v) is 9.40. The molecule has 1 aliphatic rings. The molecular weight excluding hydrogens is 334 g/mol. The minimum absolute atomic E-state index is 0.292. The van der Waals surface area contributed by atoms with Gasteiger partial charge in [0, 0.05) is 11.5 Å². The van der Waals surface area contributed by atoms with Crippen LogP contribution in [0.1, 0.15) is 53.6 Å². The number of rotatable bonds is 4. The van der Waals surface area contributed by atoms with Crippen LogP contribution in [-0.4, -0.2) is 16.1 Å². The van der Waals surface area contributed by atoms with Crippen LogP contribution in [0, 0.1) is 0 Å². The maximum Gasteiger partial charge on any atom is 0.293 e. The Balaban J connectivity index is 1.50. The van der Waals surface area contributed by atoms with Crippen molar-refractivity contribution in [1.82, 2.24) is 10.2 Å². The highest BCUT2D eigenvalue weighted by Crippen LogP contribution is 2.35. The van der Waals surface area contributed by atoms with E-state index in [1.165, 1.54) is 49.7 Å². The first kappa shape index (κ1) is 16.0. The number of amides is 1. The quantitative estimate of drug-likeness (QED) is 0.708. The molecule has 6 heteroatoms. The third-order valence-corrected chi connectivity index (χ3v) is 5.57. The van der Waals surface area contributed by atoms with E-state index in [1.54, 1.807) is 6.07 Å². The Morgan fingerprint density at radius 3 is 2.68 bits per heavy atom. The first-order valence-electron chi connectivity index (χ1n) is 8.59. The molecule has 5 nitrogen and oxygen atoms in total. The lowest BCUT2D eigenvalue weighted by molar-refractivity contribution is 0.0997. The van der Waals surface area contributed by atoms with E-state index in [4.69, 9.17) is 4.42 Å². The second-order valence-electron chi connectivity index (χ2n) is 6.26. The van der Waals surface area contributed by atoms with Crippen molar-refractivity contribution >= 4 is 22.4 Å². The Morgan fingerprint density at radius 2 is 1.88 bits per heavy atom. The summed E-state index contributed by atoms with van der Waals surface area (Å²) >= 11 is 1.47. The van der Waals surface area contributed by atoms with E-state index >= 15 is 0 Å². The van der Waals surface area contributed by atoms with Gasteiger partial charge in [0.2, 0.25) is 5.13 Å². The van der Waals surface area contributed by atoms with Crippen LogP contribution in [0.15, 0.2) is 47.1 Å². The van der Waals surface area contributed by atoms with Crippen LogP contribution in [0.3, 0.4) is 0 Å². The Morgan fingerprint density at radius 1 is 1.08 bits per heavy atom. The molecular formula is C19H19N3O2S. The maximum atomic E-state index is 12.6. The van der Waals surface area contributed by atoms with Crippen molar-refractivity contribution in [2.75, 3.05) is 5.32 Å². The van der Waals surface area contributed by atoms with Crippen LogP contribution in [0.5, 0.6) is 0 Å². The molecule has 2 aromatic heterocycles. The number of aromatic nitrogens is 2. The zero-order chi connectivity index (χ0) is 17.1. The van der Waals surface area contributed by atoms with E-state index in [1.807, 2.05) is 30.3 Å². The minimum Gasteiger partial charge on any atom is -0.459 e. The lowest BCUT2D eigenvalue weighted by Crippen LogP contribution is -2.11. The Kier molecular flexibility index (Phi) is 4.61. The summed E-state index contributed by atoms with van der Waals surface area (Å²) in [5.74, 6) is 0.483. The van der Waals surface area contributed by atoms with Crippen molar-refractivity contribution in [2.45, 2.75) is 38.0 Å². The molecule has 1 saturated carbocycles. The number of benzene rings is 1. The van der Waals surface area contributed by atoms with Gasteiger partial charge >= 0.3 is 0 Å². The molecule has 1 amide bonds. The summed E-state index contributed by atoms with van der Waals surface area (Å²) in [4.78, 5) is 12.6. The summed E-state index contributed by atoms with van der Waals surface area (Å²) in [5.41, 5.74) is 1.72. The van der Waals surface area contributed by atoms with Crippen LogP contribution in [0.2, 0.25) is 0 Å². The summed E-state index contributed by atoms with van der Waals surface area (Å²) in [5, 5.41) is 12.8.